The first-order valence-electron chi connectivity index (χ1n) is 9.70. The number of benzene rings is 2. The van der Waals surface area contributed by atoms with Gasteiger partial charge in [-0.05, 0) is 42.8 Å². The Labute approximate surface area is 188 Å². The number of aryl methyl sites for hydroxylation is 1. The van der Waals surface area contributed by atoms with Crippen LogP contribution in [0.4, 0.5) is 0 Å². The van der Waals surface area contributed by atoms with Gasteiger partial charge in [-0.3, -0.25) is 19.9 Å². The monoisotopic (exact) mass is 451 g/mol. The van der Waals surface area contributed by atoms with E-state index in [9.17, 15) is 0 Å². The molecule has 0 atom stereocenters. The maximum Gasteiger partial charge on any atom is 0.0964 e. The van der Waals surface area contributed by atoms with Crippen molar-refractivity contribution >= 4 is 49.0 Å². The van der Waals surface area contributed by atoms with Crippen LogP contribution in [0.3, 0.4) is 0 Å². The first-order chi connectivity index (χ1) is 15.3. The summed E-state index contributed by atoms with van der Waals surface area (Å²) in [6.45, 7) is 2.11. The molecule has 2 aromatic carbocycles. The molecule has 4 nitrogen and oxygen atoms in total. The molecule has 0 aliphatic rings. The number of hydrogen-bond donors (Lipinski definition) is 0. The third-order valence-electron chi connectivity index (χ3n) is 5.01. The van der Waals surface area contributed by atoms with E-state index in [-0.39, 0.29) is 0 Å². The van der Waals surface area contributed by atoms with Crippen LogP contribution in [0.25, 0.3) is 43.6 Å². The normalized spacial score (nSPS) is 10.4. The van der Waals surface area contributed by atoms with Crippen LogP contribution in [0.2, 0.25) is 0 Å². The summed E-state index contributed by atoms with van der Waals surface area (Å²) in [5, 5.41) is 4.61. The Balaban J connectivity index is 0.000000139. The standard InChI is InChI=1S/C13H10N2.C12H8N2.CH2.Cu/c1-9-8-10-4-2-6-14-12(10)13-11(9)5-3-7-15-13;1-3-9-5-6-10-4-2-8-14-12(10)11(9)13-7-1;;/h2-8H,1H3;1-8H;1H2;. The van der Waals surface area contributed by atoms with Crippen molar-refractivity contribution in [3.63, 3.8) is 0 Å². The summed E-state index contributed by atoms with van der Waals surface area (Å²) < 4.78 is 0. The summed E-state index contributed by atoms with van der Waals surface area (Å²) in [4.78, 5) is 17.5. The second kappa shape index (κ2) is 9.52. The molecule has 31 heavy (non-hydrogen) atoms. The molecule has 0 amide bonds. The van der Waals surface area contributed by atoms with Gasteiger partial charge >= 0.3 is 21.0 Å². The second-order valence-electron chi connectivity index (χ2n) is 6.88. The number of fused-ring (bicyclic) bond motifs is 6. The maximum atomic E-state index is 4.41. The largest absolute Gasteiger partial charge is 0.254 e. The first kappa shape index (κ1) is 20.7. The maximum absolute atomic E-state index is 4.41. The Bertz CT molecular complexity index is 1440. The van der Waals surface area contributed by atoms with Crippen molar-refractivity contribution in [1.82, 2.24) is 19.9 Å². The SMILES string of the molecule is Cc1cc2cccnc2c2ncccc12.[CH2]=[Cu].c1cnc2c(c1)ccc1cccnc12. The summed E-state index contributed by atoms with van der Waals surface area (Å²) in [7, 11) is 0. The van der Waals surface area contributed by atoms with Gasteiger partial charge in [0.25, 0.3) is 0 Å². The van der Waals surface area contributed by atoms with Crippen LogP contribution in [0.5, 0.6) is 0 Å². The van der Waals surface area contributed by atoms with Crippen molar-refractivity contribution in [2.24, 2.45) is 0 Å². The molecule has 0 spiro atoms. The molecule has 0 saturated carbocycles. The van der Waals surface area contributed by atoms with E-state index in [1.54, 1.807) is 12.4 Å². The molecule has 0 unspecified atom stereocenters. The van der Waals surface area contributed by atoms with Crippen molar-refractivity contribution in [1.29, 1.82) is 0 Å². The first-order valence-corrected chi connectivity index (χ1v) is 10.4. The molecule has 0 bridgehead atoms. The Morgan fingerprint density at radius 2 is 0.968 bits per heavy atom. The number of hydrogen-bond acceptors (Lipinski definition) is 4. The van der Waals surface area contributed by atoms with E-state index in [1.165, 1.54) is 10.9 Å². The molecule has 0 aliphatic heterocycles. The van der Waals surface area contributed by atoms with Crippen LogP contribution < -0.4 is 0 Å². The molecule has 6 aromatic rings. The summed E-state index contributed by atoms with van der Waals surface area (Å²) >= 11 is 3.94. The zero-order valence-corrected chi connectivity index (χ0v) is 17.9. The number of rotatable bonds is 0. The minimum Gasteiger partial charge on any atom is -0.254 e. The van der Waals surface area contributed by atoms with Gasteiger partial charge in [-0.15, -0.1) is 0 Å². The zero-order valence-electron chi connectivity index (χ0n) is 17.0. The van der Waals surface area contributed by atoms with Crippen LogP contribution >= 0.6 is 0 Å². The van der Waals surface area contributed by atoms with E-state index in [1.807, 2.05) is 36.7 Å². The van der Waals surface area contributed by atoms with Crippen LogP contribution in [-0.2, 0) is 15.6 Å². The summed E-state index contributed by atoms with van der Waals surface area (Å²) in [6.07, 6.45) is 7.23. The predicted molar refractivity (Wildman–Crippen MR) is 126 cm³/mol. The minimum absolute atomic E-state index is 0.977. The van der Waals surface area contributed by atoms with Crippen molar-refractivity contribution in [2.45, 2.75) is 6.92 Å². The van der Waals surface area contributed by atoms with Crippen molar-refractivity contribution in [3.05, 3.63) is 97.1 Å². The second-order valence-corrected chi connectivity index (χ2v) is 6.88. The zero-order chi connectivity index (χ0) is 21.6. The van der Waals surface area contributed by atoms with E-state index in [0.29, 0.717) is 0 Å². The smallest absolute Gasteiger partial charge is 0.0964 e. The number of nitrogens with zero attached hydrogens (tertiary/aromatic N) is 4. The number of pyridine rings is 4. The predicted octanol–water partition coefficient (Wildman–Crippen LogP) is 5.84. The molecule has 4 heterocycles. The minimum atomic E-state index is 0.977. The summed E-state index contributed by atoms with van der Waals surface area (Å²) in [5.41, 5.74) is 7.99. The fraction of sp³-hybridized carbons (Fsp3) is 0.0385. The Kier molecular flexibility index (Phi) is 6.37. The molecule has 6 rings (SSSR count). The van der Waals surface area contributed by atoms with Gasteiger partial charge in [0.2, 0.25) is 0 Å². The van der Waals surface area contributed by atoms with E-state index in [4.69, 9.17) is 0 Å². The molecule has 155 valence electrons. The van der Waals surface area contributed by atoms with Crippen molar-refractivity contribution in [2.75, 3.05) is 0 Å². The van der Waals surface area contributed by atoms with Gasteiger partial charge in [-0.25, -0.2) is 0 Å². The van der Waals surface area contributed by atoms with Gasteiger partial charge in [0.1, 0.15) is 0 Å². The van der Waals surface area contributed by atoms with Crippen LogP contribution in [-0.4, -0.2) is 25.4 Å². The molecule has 0 aliphatic carbocycles. The molecule has 0 radical (unpaired) electrons. The summed E-state index contributed by atoms with van der Waals surface area (Å²) in [6, 6.07) is 22.4. The molecule has 0 saturated heterocycles. The van der Waals surface area contributed by atoms with Crippen LogP contribution in [0, 0.1) is 6.92 Å². The summed E-state index contributed by atoms with van der Waals surface area (Å²) in [5.74, 6) is 0. The van der Waals surface area contributed by atoms with E-state index in [2.05, 4.69) is 90.3 Å². The van der Waals surface area contributed by atoms with E-state index < -0.39 is 0 Å². The fourth-order valence-corrected chi connectivity index (χ4v) is 3.64. The topological polar surface area (TPSA) is 51.6 Å². The van der Waals surface area contributed by atoms with Gasteiger partial charge in [-0.1, -0.05) is 36.4 Å². The number of aromatic nitrogens is 4. The quantitative estimate of drug-likeness (QED) is 0.215. The molecule has 0 N–H and O–H groups in total. The third kappa shape index (κ3) is 4.19. The van der Waals surface area contributed by atoms with E-state index in [0.717, 1.165) is 38.2 Å². The van der Waals surface area contributed by atoms with Crippen molar-refractivity contribution < 1.29 is 15.6 Å². The average molecular weight is 452 g/mol. The third-order valence-corrected chi connectivity index (χ3v) is 5.01. The molecule has 4 aromatic heterocycles. The van der Waals surface area contributed by atoms with Gasteiger partial charge < -0.3 is 0 Å². The van der Waals surface area contributed by atoms with Crippen LogP contribution in [0.1, 0.15) is 5.56 Å². The van der Waals surface area contributed by atoms with Gasteiger partial charge in [0.05, 0.1) is 22.1 Å². The average Bonchev–Trinajstić information content (AvgIpc) is 2.86. The van der Waals surface area contributed by atoms with Gasteiger partial charge in [-0.2, -0.15) is 0 Å². The Morgan fingerprint density at radius 1 is 0.548 bits per heavy atom. The molecular weight excluding hydrogens is 432 g/mol. The van der Waals surface area contributed by atoms with Crippen LogP contribution in [0.15, 0.2) is 91.5 Å². The molecule has 0 fully saturated rings. The fourth-order valence-electron chi connectivity index (χ4n) is 3.64. The molecule has 5 heteroatoms. The van der Waals surface area contributed by atoms with Crippen molar-refractivity contribution in [3.8, 4) is 0 Å². The van der Waals surface area contributed by atoms with Gasteiger partial charge in [0.15, 0.2) is 0 Å². The Morgan fingerprint density at radius 3 is 1.52 bits per heavy atom. The Hall–Kier alpha value is -3.53. The van der Waals surface area contributed by atoms with Gasteiger partial charge in [0, 0.05) is 46.3 Å². The molecular formula is C26H20CuN4. The van der Waals surface area contributed by atoms with E-state index >= 15 is 0 Å².